The average Bonchev–Trinajstić information content (AvgIpc) is 2.94. The molecule has 6 nitrogen and oxygen atoms in total. The second kappa shape index (κ2) is 5.18. The molecule has 2 heterocycles. The fraction of sp³-hybridized carbons (Fsp3) is 0.938. The molecule has 1 aromatic heterocycles. The van der Waals surface area contributed by atoms with Crippen molar-refractivity contribution >= 4 is 5.95 Å². The lowest BCUT2D eigenvalue weighted by Crippen LogP contribution is -2.43. The van der Waals surface area contributed by atoms with Crippen LogP contribution < -0.4 is 4.90 Å². The van der Waals surface area contributed by atoms with E-state index in [4.69, 9.17) is 4.74 Å². The summed E-state index contributed by atoms with van der Waals surface area (Å²) in [6.07, 6.45) is 11.1. The maximum Gasteiger partial charge on any atom is 0.245 e. The van der Waals surface area contributed by atoms with Gasteiger partial charge >= 0.3 is 0 Å². The fourth-order valence-corrected chi connectivity index (χ4v) is 4.60. The third-order valence-corrected chi connectivity index (χ3v) is 6.19. The Morgan fingerprint density at radius 2 is 1.91 bits per heavy atom. The Bertz CT molecular complexity index is 542. The highest BCUT2D eigenvalue weighted by Gasteiger charge is 2.50. The Balaban J connectivity index is 1.30. The molecule has 4 unspecified atom stereocenters. The van der Waals surface area contributed by atoms with Crippen LogP contribution in [0.25, 0.3) is 0 Å². The van der Waals surface area contributed by atoms with Crippen LogP contribution >= 0.6 is 0 Å². The van der Waals surface area contributed by atoms with E-state index in [9.17, 15) is 0 Å². The van der Waals surface area contributed by atoms with Crippen LogP contribution in [-0.2, 0) is 4.74 Å². The van der Waals surface area contributed by atoms with Crippen molar-refractivity contribution in [2.24, 2.45) is 11.8 Å². The molecule has 120 valence electrons. The van der Waals surface area contributed by atoms with Crippen LogP contribution in [0.5, 0.6) is 0 Å². The predicted octanol–water partition coefficient (Wildman–Crippen LogP) is 2.18. The van der Waals surface area contributed by atoms with Gasteiger partial charge in [-0.05, 0) is 73.6 Å². The van der Waals surface area contributed by atoms with Gasteiger partial charge in [-0.3, -0.25) is 0 Å². The number of nitrogens with zero attached hydrogens (tertiary/aromatic N) is 5. The standard InChI is InChI=1S/C16H25N5O/c1-3-12(4-1)22-13-5-2-8-20(10-13)16-17-18-19-21(16)15-7-6-11-9-14(11)15/h11-15H,1-10H2. The van der Waals surface area contributed by atoms with Crippen LogP contribution in [0.15, 0.2) is 0 Å². The number of hydrogen-bond donors (Lipinski definition) is 0. The molecule has 6 heteroatoms. The van der Waals surface area contributed by atoms with E-state index in [0.29, 0.717) is 18.2 Å². The molecule has 3 saturated carbocycles. The molecule has 4 atom stereocenters. The second-order valence-electron chi connectivity index (χ2n) is 7.63. The molecule has 1 aromatic rings. The van der Waals surface area contributed by atoms with Crippen molar-refractivity contribution < 1.29 is 4.74 Å². The van der Waals surface area contributed by atoms with Crippen molar-refractivity contribution in [3.8, 4) is 0 Å². The fourth-order valence-electron chi connectivity index (χ4n) is 4.60. The van der Waals surface area contributed by atoms with E-state index in [1.807, 2.05) is 0 Å². The molecule has 3 aliphatic carbocycles. The summed E-state index contributed by atoms with van der Waals surface area (Å²) in [7, 11) is 0. The molecule has 1 saturated heterocycles. The van der Waals surface area contributed by atoms with Crippen molar-refractivity contribution in [1.82, 2.24) is 20.2 Å². The summed E-state index contributed by atoms with van der Waals surface area (Å²) in [5.41, 5.74) is 0. The van der Waals surface area contributed by atoms with E-state index in [1.54, 1.807) is 0 Å². The maximum atomic E-state index is 6.23. The van der Waals surface area contributed by atoms with Crippen molar-refractivity contribution in [3.63, 3.8) is 0 Å². The summed E-state index contributed by atoms with van der Waals surface area (Å²) < 4.78 is 8.36. The molecular weight excluding hydrogens is 278 g/mol. The summed E-state index contributed by atoms with van der Waals surface area (Å²) in [6, 6.07) is 0.544. The minimum Gasteiger partial charge on any atom is -0.373 e. The van der Waals surface area contributed by atoms with Crippen molar-refractivity contribution in [2.75, 3.05) is 18.0 Å². The van der Waals surface area contributed by atoms with E-state index in [1.165, 1.54) is 51.4 Å². The zero-order chi connectivity index (χ0) is 14.5. The third kappa shape index (κ3) is 2.23. The molecule has 0 amide bonds. The average molecular weight is 303 g/mol. The van der Waals surface area contributed by atoms with Gasteiger partial charge in [0.2, 0.25) is 5.95 Å². The monoisotopic (exact) mass is 303 g/mol. The smallest absolute Gasteiger partial charge is 0.245 e. The van der Waals surface area contributed by atoms with Crippen LogP contribution in [0.3, 0.4) is 0 Å². The number of hydrogen-bond acceptors (Lipinski definition) is 5. The molecule has 0 radical (unpaired) electrons. The SMILES string of the molecule is C1CC(OC2CCCN(c3nnnn3C3CCC4CC43)C2)C1. The highest BCUT2D eigenvalue weighted by atomic mass is 16.5. The maximum absolute atomic E-state index is 6.23. The summed E-state index contributed by atoms with van der Waals surface area (Å²) in [5.74, 6) is 2.78. The number of anilines is 1. The number of tetrazole rings is 1. The topological polar surface area (TPSA) is 56.1 Å². The molecule has 1 aliphatic heterocycles. The largest absolute Gasteiger partial charge is 0.373 e. The van der Waals surface area contributed by atoms with Crippen LogP contribution in [-0.4, -0.2) is 45.5 Å². The summed E-state index contributed by atoms with van der Waals surface area (Å²) in [5, 5.41) is 12.7. The highest BCUT2D eigenvalue weighted by Crippen LogP contribution is 2.57. The Morgan fingerprint density at radius 1 is 1.00 bits per heavy atom. The number of aromatic nitrogens is 4. The lowest BCUT2D eigenvalue weighted by atomic mass is 9.95. The van der Waals surface area contributed by atoms with Crippen molar-refractivity contribution in [3.05, 3.63) is 0 Å². The Labute approximate surface area is 131 Å². The summed E-state index contributed by atoms with van der Waals surface area (Å²) in [4.78, 5) is 2.36. The van der Waals surface area contributed by atoms with Crippen LogP contribution in [0.2, 0.25) is 0 Å². The number of fused-ring (bicyclic) bond motifs is 1. The Morgan fingerprint density at radius 3 is 2.64 bits per heavy atom. The first-order chi connectivity index (χ1) is 10.9. The van der Waals surface area contributed by atoms with Gasteiger partial charge in [-0.25, -0.2) is 4.68 Å². The first kappa shape index (κ1) is 13.3. The summed E-state index contributed by atoms with van der Waals surface area (Å²) >= 11 is 0. The van der Waals surface area contributed by atoms with Crippen LogP contribution in [0.1, 0.15) is 57.4 Å². The van der Waals surface area contributed by atoms with E-state index < -0.39 is 0 Å². The molecule has 0 aromatic carbocycles. The van der Waals surface area contributed by atoms with Gasteiger partial charge in [-0.15, -0.1) is 0 Å². The van der Waals surface area contributed by atoms with Gasteiger partial charge in [0.25, 0.3) is 0 Å². The van der Waals surface area contributed by atoms with Crippen LogP contribution in [0, 0.1) is 11.8 Å². The number of ether oxygens (including phenoxy) is 1. The lowest BCUT2D eigenvalue weighted by Gasteiger charge is -2.37. The first-order valence-electron chi connectivity index (χ1n) is 9.07. The van der Waals surface area contributed by atoms with Gasteiger partial charge in [-0.1, -0.05) is 5.10 Å². The first-order valence-corrected chi connectivity index (χ1v) is 9.07. The normalized spacial score (nSPS) is 37.9. The van der Waals surface area contributed by atoms with Gasteiger partial charge in [0.05, 0.1) is 18.2 Å². The molecule has 22 heavy (non-hydrogen) atoms. The zero-order valence-corrected chi connectivity index (χ0v) is 13.1. The van der Waals surface area contributed by atoms with Gasteiger partial charge in [-0.2, -0.15) is 0 Å². The Kier molecular flexibility index (Phi) is 3.13. The molecule has 0 N–H and O–H groups in total. The molecule has 4 aliphatic rings. The zero-order valence-electron chi connectivity index (χ0n) is 13.1. The quantitative estimate of drug-likeness (QED) is 0.853. The summed E-state index contributed by atoms with van der Waals surface area (Å²) in [6.45, 7) is 2.02. The minimum absolute atomic E-state index is 0.362. The molecule has 0 spiro atoms. The number of rotatable bonds is 4. The molecular formula is C16H25N5O. The van der Waals surface area contributed by atoms with Gasteiger partial charge in [0, 0.05) is 13.1 Å². The highest BCUT2D eigenvalue weighted by molar-refractivity contribution is 5.30. The molecule has 0 bridgehead atoms. The van der Waals surface area contributed by atoms with E-state index >= 15 is 0 Å². The molecule has 4 fully saturated rings. The minimum atomic E-state index is 0.362. The van der Waals surface area contributed by atoms with Gasteiger partial charge in [0.1, 0.15) is 0 Å². The third-order valence-electron chi connectivity index (χ3n) is 6.19. The van der Waals surface area contributed by atoms with E-state index in [2.05, 4.69) is 25.1 Å². The van der Waals surface area contributed by atoms with Crippen molar-refractivity contribution in [2.45, 2.75) is 69.6 Å². The second-order valence-corrected chi connectivity index (χ2v) is 7.63. The lowest BCUT2D eigenvalue weighted by molar-refractivity contribution is -0.0553. The number of piperidine rings is 1. The van der Waals surface area contributed by atoms with Crippen molar-refractivity contribution in [1.29, 1.82) is 0 Å². The van der Waals surface area contributed by atoms with E-state index in [-0.39, 0.29) is 0 Å². The molecule has 5 rings (SSSR count). The van der Waals surface area contributed by atoms with E-state index in [0.717, 1.165) is 30.9 Å². The predicted molar refractivity (Wildman–Crippen MR) is 81.6 cm³/mol. The van der Waals surface area contributed by atoms with Gasteiger partial charge < -0.3 is 9.64 Å². The van der Waals surface area contributed by atoms with Crippen LogP contribution in [0.4, 0.5) is 5.95 Å². The Hall–Kier alpha value is -1.17. The van der Waals surface area contributed by atoms with Gasteiger partial charge in [0.15, 0.2) is 0 Å².